The Labute approximate surface area is 130 Å². The molecule has 0 radical (unpaired) electrons. The van der Waals surface area contributed by atoms with E-state index in [0.29, 0.717) is 13.1 Å². The van der Waals surface area contributed by atoms with Gasteiger partial charge in [-0.2, -0.15) is 0 Å². The molecule has 0 unspecified atom stereocenters. The molecule has 1 fully saturated rings. The number of hydrogen-bond donors (Lipinski definition) is 0. The van der Waals surface area contributed by atoms with Crippen LogP contribution >= 0.6 is 11.3 Å². The molecule has 1 saturated heterocycles. The first kappa shape index (κ1) is 16.0. The second-order valence-corrected chi connectivity index (χ2v) is 6.41. The lowest BCUT2D eigenvalue weighted by Gasteiger charge is -2.25. The van der Waals surface area contributed by atoms with Crippen molar-refractivity contribution >= 4 is 23.2 Å². The van der Waals surface area contributed by atoms with Crippen LogP contribution in [-0.2, 0) is 4.79 Å². The largest absolute Gasteiger partial charge is 0.341 e. The van der Waals surface area contributed by atoms with Gasteiger partial charge in [0.05, 0.1) is 4.88 Å². The molecule has 4 nitrogen and oxygen atoms in total. The monoisotopic (exact) mass is 308 g/mol. The SMILES string of the molecule is CCC(CC)C(=O)N1CCCN(C(=O)c2cccs2)CC1. The van der Waals surface area contributed by atoms with Crippen molar-refractivity contribution in [2.45, 2.75) is 33.1 Å². The molecule has 1 aliphatic rings. The van der Waals surface area contributed by atoms with E-state index in [9.17, 15) is 9.59 Å². The fourth-order valence-electron chi connectivity index (χ4n) is 2.79. The number of nitrogens with zero attached hydrogens (tertiary/aromatic N) is 2. The first-order valence-corrected chi connectivity index (χ1v) is 8.66. The molecule has 2 amide bonds. The normalized spacial score (nSPS) is 16.1. The van der Waals surface area contributed by atoms with Gasteiger partial charge in [-0.1, -0.05) is 19.9 Å². The summed E-state index contributed by atoms with van der Waals surface area (Å²) in [6.45, 7) is 6.94. The Morgan fingerprint density at radius 1 is 1.14 bits per heavy atom. The molecule has 21 heavy (non-hydrogen) atoms. The summed E-state index contributed by atoms with van der Waals surface area (Å²) in [6.07, 6.45) is 2.65. The van der Waals surface area contributed by atoms with Gasteiger partial charge in [0.25, 0.3) is 5.91 Å². The number of carbonyl (C=O) groups is 2. The van der Waals surface area contributed by atoms with Crippen LogP contribution in [0, 0.1) is 5.92 Å². The molecule has 0 bridgehead atoms. The van der Waals surface area contributed by atoms with E-state index in [1.54, 1.807) is 0 Å². The smallest absolute Gasteiger partial charge is 0.263 e. The highest BCUT2D eigenvalue weighted by atomic mass is 32.1. The summed E-state index contributed by atoms with van der Waals surface area (Å²) in [5.41, 5.74) is 0. The maximum absolute atomic E-state index is 12.4. The first-order chi connectivity index (χ1) is 10.2. The van der Waals surface area contributed by atoms with Crippen molar-refractivity contribution in [3.63, 3.8) is 0 Å². The second-order valence-electron chi connectivity index (χ2n) is 5.46. The van der Waals surface area contributed by atoms with Crippen LogP contribution < -0.4 is 0 Å². The lowest BCUT2D eigenvalue weighted by atomic mass is 10.0. The molecule has 0 aromatic carbocycles. The number of amides is 2. The third-order valence-electron chi connectivity index (χ3n) is 4.16. The maximum atomic E-state index is 12.4. The molecule has 1 aromatic rings. The minimum Gasteiger partial charge on any atom is -0.341 e. The minimum atomic E-state index is 0.0989. The van der Waals surface area contributed by atoms with E-state index in [-0.39, 0.29) is 17.7 Å². The molecule has 1 aromatic heterocycles. The Bertz CT molecular complexity index is 469. The molecule has 1 aliphatic heterocycles. The molecular formula is C16H24N2O2S. The number of rotatable bonds is 4. The van der Waals surface area contributed by atoms with Gasteiger partial charge in [0.1, 0.15) is 0 Å². The minimum absolute atomic E-state index is 0.0989. The lowest BCUT2D eigenvalue weighted by Crippen LogP contribution is -2.39. The van der Waals surface area contributed by atoms with E-state index in [4.69, 9.17) is 0 Å². The van der Waals surface area contributed by atoms with Crippen molar-refractivity contribution in [3.8, 4) is 0 Å². The van der Waals surface area contributed by atoms with Crippen LogP contribution in [0.1, 0.15) is 42.8 Å². The Morgan fingerprint density at radius 3 is 2.43 bits per heavy atom. The Hall–Kier alpha value is -1.36. The van der Waals surface area contributed by atoms with Gasteiger partial charge in [0.2, 0.25) is 5.91 Å². The van der Waals surface area contributed by atoms with E-state index >= 15 is 0 Å². The van der Waals surface area contributed by atoms with E-state index in [2.05, 4.69) is 13.8 Å². The van der Waals surface area contributed by atoms with Crippen LogP contribution in [0.25, 0.3) is 0 Å². The highest BCUT2D eigenvalue weighted by Crippen LogP contribution is 2.17. The zero-order valence-corrected chi connectivity index (χ0v) is 13.7. The Kier molecular flexibility index (Phi) is 5.79. The topological polar surface area (TPSA) is 40.6 Å². The summed E-state index contributed by atoms with van der Waals surface area (Å²) in [5.74, 6) is 0.483. The van der Waals surface area contributed by atoms with Crippen LogP contribution in [0.5, 0.6) is 0 Å². The maximum Gasteiger partial charge on any atom is 0.263 e. The van der Waals surface area contributed by atoms with E-state index in [0.717, 1.165) is 37.2 Å². The third kappa shape index (κ3) is 3.84. The van der Waals surface area contributed by atoms with Gasteiger partial charge in [-0.15, -0.1) is 11.3 Å². The summed E-state index contributed by atoms with van der Waals surface area (Å²) >= 11 is 1.48. The van der Waals surface area contributed by atoms with E-state index < -0.39 is 0 Å². The average Bonchev–Trinajstić information content (AvgIpc) is 2.92. The molecule has 0 atom stereocenters. The van der Waals surface area contributed by atoms with Crippen molar-refractivity contribution in [3.05, 3.63) is 22.4 Å². The highest BCUT2D eigenvalue weighted by Gasteiger charge is 2.26. The number of hydrogen-bond acceptors (Lipinski definition) is 3. The summed E-state index contributed by atoms with van der Waals surface area (Å²) in [5, 5.41) is 1.92. The molecule has 0 saturated carbocycles. The quantitative estimate of drug-likeness (QED) is 0.858. The Morgan fingerprint density at radius 2 is 1.81 bits per heavy atom. The number of carbonyl (C=O) groups excluding carboxylic acids is 2. The van der Waals surface area contributed by atoms with Crippen molar-refractivity contribution in [2.75, 3.05) is 26.2 Å². The van der Waals surface area contributed by atoms with Gasteiger partial charge in [0.15, 0.2) is 0 Å². The van der Waals surface area contributed by atoms with Crippen LogP contribution in [0.3, 0.4) is 0 Å². The summed E-state index contributed by atoms with van der Waals surface area (Å²) in [6, 6.07) is 3.77. The number of thiophene rings is 1. The standard InChI is InChI=1S/C16H24N2O2S/c1-3-13(4-2)15(19)17-8-6-9-18(11-10-17)16(20)14-7-5-12-21-14/h5,7,12-13H,3-4,6,8-11H2,1-2H3. The zero-order chi connectivity index (χ0) is 15.2. The zero-order valence-electron chi connectivity index (χ0n) is 12.9. The molecule has 2 rings (SSSR count). The van der Waals surface area contributed by atoms with Crippen LogP contribution in [0.4, 0.5) is 0 Å². The van der Waals surface area contributed by atoms with E-state index in [1.807, 2.05) is 27.3 Å². The van der Waals surface area contributed by atoms with Gasteiger partial charge in [-0.3, -0.25) is 9.59 Å². The predicted octanol–water partition coefficient (Wildman–Crippen LogP) is 2.86. The van der Waals surface area contributed by atoms with Gasteiger partial charge in [0, 0.05) is 32.1 Å². The van der Waals surface area contributed by atoms with Crippen LogP contribution in [-0.4, -0.2) is 47.8 Å². The molecule has 0 spiro atoms. The summed E-state index contributed by atoms with van der Waals surface area (Å²) < 4.78 is 0. The first-order valence-electron chi connectivity index (χ1n) is 7.78. The Balaban J connectivity index is 1.96. The predicted molar refractivity (Wildman–Crippen MR) is 85.5 cm³/mol. The van der Waals surface area contributed by atoms with Crippen molar-refractivity contribution < 1.29 is 9.59 Å². The van der Waals surface area contributed by atoms with Crippen molar-refractivity contribution in [2.24, 2.45) is 5.92 Å². The molecular weight excluding hydrogens is 284 g/mol. The van der Waals surface area contributed by atoms with E-state index in [1.165, 1.54) is 11.3 Å². The molecule has 0 N–H and O–H groups in total. The van der Waals surface area contributed by atoms with Gasteiger partial charge >= 0.3 is 0 Å². The molecule has 0 aliphatic carbocycles. The van der Waals surface area contributed by atoms with Gasteiger partial charge in [-0.25, -0.2) is 0 Å². The average molecular weight is 308 g/mol. The second kappa shape index (κ2) is 7.59. The molecule has 5 heteroatoms. The van der Waals surface area contributed by atoms with Crippen LogP contribution in [0.2, 0.25) is 0 Å². The fraction of sp³-hybridized carbons (Fsp3) is 0.625. The summed E-state index contributed by atoms with van der Waals surface area (Å²) in [4.78, 5) is 29.4. The third-order valence-corrected chi connectivity index (χ3v) is 5.02. The molecule has 116 valence electrons. The van der Waals surface area contributed by atoms with Crippen molar-refractivity contribution in [1.29, 1.82) is 0 Å². The van der Waals surface area contributed by atoms with Gasteiger partial charge in [-0.05, 0) is 30.7 Å². The summed E-state index contributed by atoms with van der Waals surface area (Å²) in [7, 11) is 0. The lowest BCUT2D eigenvalue weighted by molar-refractivity contribution is -0.135. The highest BCUT2D eigenvalue weighted by molar-refractivity contribution is 7.12. The fourth-order valence-corrected chi connectivity index (χ4v) is 3.48. The van der Waals surface area contributed by atoms with Gasteiger partial charge < -0.3 is 9.80 Å². The van der Waals surface area contributed by atoms with Crippen molar-refractivity contribution in [1.82, 2.24) is 9.80 Å². The molecule has 2 heterocycles. The van der Waals surface area contributed by atoms with Crippen LogP contribution in [0.15, 0.2) is 17.5 Å².